The van der Waals surface area contributed by atoms with Crippen LogP contribution in [0.15, 0.2) is 10.7 Å². The summed E-state index contributed by atoms with van der Waals surface area (Å²) in [7, 11) is 1.22. The molecule has 0 aliphatic carbocycles. The standard InChI is InChI=1S/C10H11BrN2O4/c1-5-6(11)3-12-8(9(5)15)10(16)13-4-7(14)17-2/h3,15H,4H2,1-2H3,(H,13,16). The average Bonchev–Trinajstić information content (AvgIpc) is 2.32. The van der Waals surface area contributed by atoms with Crippen molar-refractivity contribution in [3.8, 4) is 5.75 Å². The van der Waals surface area contributed by atoms with Gasteiger partial charge in [0.1, 0.15) is 6.54 Å². The second-order valence-corrected chi connectivity index (χ2v) is 4.04. The number of hydrogen-bond acceptors (Lipinski definition) is 5. The minimum Gasteiger partial charge on any atom is -0.505 e. The van der Waals surface area contributed by atoms with E-state index in [1.807, 2.05) is 0 Å². The molecule has 0 aliphatic heterocycles. The summed E-state index contributed by atoms with van der Waals surface area (Å²) >= 11 is 3.17. The third-order valence-corrected chi connectivity index (χ3v) is 2.88. The van der Waals surface area contributed by atoms with Gasteiger partial charge in [0.15, 0.2) is 11.4 Å². The maximum atomic E-state index is 11.6. The number of methoxy groups -OCH3 is 1. The molecule has 0 aromatic carbocycles. The first-order valence-electron chi connectivity index (χ1n) is 4.66. The Morgan fingerprint density at radius 2 is 2.24 bits per heavy atom. The Labute approximate surface area is 106 Å². The molecule has 0 atom stereocenters. The average molecular weight is 303 g/mol. The van der Waals surface area contributed by atoms with Gasteiger partial charge in [-0.15, -0.1) is 0 Å². The lowest BCUT2D eigenvalue weighted by atomic mass is 10.2. The number of ether oxygens (including phenoxy) is 1. The van der Waals surface area contributed by atoms with E-state index in [0.29, 0.717) is 10.0 Å². The van der Waals surface area contributed by atoms with Gasteiger partial charge in [0.2, 0.25) is 0 Å². The molecule has 0 spiro atoms. The molecule has 1 heterocycles. The van der Waals surface area contributed by atoms with E-state index >= 15 is 0 Å². The molecule has 0 aliphatic rings. The van der Waals surface area contributed by atoms with Gasteiger partial charge in [-0.25, -0.2) is 4.98 Å². The summed E-state index contributed by atoms with van der Waals surface area (Å²) in [6.07, 6.45) is 1.40. The van der Waals surface area contributed by atoms with Crippen LogP contribution in [-0.4, -0.2) is 35.6 Å². The first-order chi connectivity index (χ1) is 7.97. The zero-order valence-electron chi connectivity index (χ0n) is 9.28. The van der Waals surface area contributed by atoms with Gasteiger partial charge in [0.05, 0.1) is 7.11 Å². The molecular weight excluding hydrogens is 292 g/mol. The highest BCUT2D eigenvalue weighted by atomic mass is 79.9. The summed E-state index contributed by atoms with van der Waals surface area (Å²) in [6.45, 7) is 1.36. The Hall–Kier alpha value is -1.63. The number of halogens is 1. The minimum atomic E-state index is -0.636. The first-order valence-corrected chi connectivity index (χ1v) is 5.45. The Morgan fingerprint density at radius 3 is 2.82 bits per heavy atom. The summed E-state index contributed by atoms with van der Waals surface area (Å²) in [5.74, 6) is -1.43. The molecule has 7 heteroatoms. The summed E-state index contributed by atoms with van der Waals surface area (Å²) in [4.78, 5) is 26.2. The van der Waals surface area contributed by atoms with Crippen molar-refractivity contribution in [3.63, 3.8) is 0 Å². The number of esters is 1. The molecule has 1 aromatic heterocycles. The topological polar surface area (TPSA) is 88.5 Å². The van der Waals surface area contributed by atoms with E-state index in [1.54, 1.807) is 6.92 Å². The van der Waals surface area contributed by atoms with Crippen molar-refractivity contribution in [1.29, 1.82) is 0 Å². The van der Waals surface area contributed by atoms with Gasteiger partial charge in [-0.1, -0.05) is 0 Å². The highest BCUT2D eigenvalue weighted by molar-refractivity contribution is 9.10. The number of hydrogen-bond donors (Lipinski definition) is 2. The number of aromatic hydroxyl groups is 1. The lowest BCUT2D eigenvalue weighted by Gasteiger charge is -2.07. The van der Waals surface area contributed by atoms with Gasteiger partial charge in [-0.3, -0.25) is 9.59 Å². The van der Waals surface area contributed by atoms with E-state index in [-0.39, 0.29) is 18.0 Å². The second-order valence-electron chi connectivity index (χ2n) is 3.19. The highest BCUT2D eigenvalue weighted by Crippen LogP contribution is 2.26. The fourth-order valence-corrected chi connectivity index (χ4v) is 1.33. The van der Waals surface area contributed by atoms with E-state index in [2.05, 4.69) is 31.0 Å². The number of pyridine rings is 1. The van der Waals surface area contributed by atoms with Crippen molar-refractivity contribution in [3.05, 3.63) is 21.9 Å². The van der Waals surface area contributed by atoms with Crippen LogP contribution in [0.1, 0.15) is 16.1 Å². The van der Waals surface area contributed by atoms with E-state index in [9.17, 15) is 14.7 Å². The predicted molar refractivity (Wildman–Crippen MR) is 62.7 cm³/mol. The molecule has 0 bridgehead atoms. The van der Waals surface area contributed by atoms with Crippen LogP contribution in [0.5, 0.6) is 5.75 Å². The molecule has 2 N–H and O–H groups in total. The fraction of sp³-hybridized carbons (Fsp3) is 0.300. The molecule has 1 rings (SSSR count). The van der Waals surface area contributed by atoms with Gasteiger partial charge in [-0.2, -0.15) is 0 Å². The lowest BCUT2D eigenvalue weighted by Crippen LogP contribution is -2.30. The number of aromatic nitrogens is 1. The Kier molecular flexibility index (Phi) is 4.45. The van der Waals surface area contributed by atoms with Crippen LogP contribution < -0.4 is 5.32 Å². The molecule has 0 saturated carbocycles. The van der Waals surface area contributed by atoms with Crippen LogP contribution in [0.4, 0.5) is 0 Å². The molecule has 0 fully saturated rings. The number of nitrogens with one attached hydrogen (secondary N) is 1. The molecular formula is C10H11BrN2O4. The molecule has 6 nitrogen and oxygen atoms in total. The molecule has 0 unspecified atom stereocenters. The van der Waals surface area contributed by atoms with Crippen LogP contribution in [0, 0.1) is 6.92 Å². The number of nitrogens with zero attached hydrogens (tertiary/aromatic N) is 1. The number of carbonyl (C=O) groups is 2. The van der Waals surface area contributed by atoms with Crippen LogP contribution in [0.2, 0.25) is 0 Å². The predicted octanol–water partition coefficient (Wildman–Crippen LogP) is 0.761. The normalized spacial score (nSPS) is 9.82. The van der Waals surface area contributed by atoms with Crippen LogP contribution >= 0.6 is 15.9 Å². The molecule has 1 amide bonds. The summed E-state index contributed by atoms with van der Waals surface area (Å²) in [5, 5.41) is 12.0. The van der Waals surface area contributed by atoms with Gasteiger partial charge < -0.3 is 15.2 Å². The molecule has 0 saturated heterocycles. The lowest BCUT2D eigenvalue weighted by molar-refractivity contribution is -0.139. The summed E-state index contributed by atoms with van der Waals surface area (Å²) in [5.41, 5.74) is 0.373. The Morgan fingerprint density at radius 1 is 1.59 bits per heavy atom. The molecule has 17 heavy (non-hydrogen) atoms. The van der Waals surface area contributed by atoms with Crippen LogP contribution in [0.3, 0.4) is 0 Å². The smallest absolute Gasteiger partial charge is 0.325 e. The van der Waals surface area contributed by atoms with Crippen molar-refractivity contribution in [1.82, 2.24) is 10.3 Å². The van der Waals surface area contributed by atoms with Gasteiger partial charge in [-0.05, 0) is 22.9 Å². The molecule has 0 radical (unpaired) electrons. The summed E-state index contributed by atoms with van der Waals surface area (Å²) < 4.78 is 4.96. The third kappa shape index (κ3) is 3.16. The quantitative estimate of drug-likeness (QED) is 0.805. The van der Waals surface area contributed by atoms with Crippen LogP contribution in [0.25, 0.3) is 0 Å². The van der Waals surface area contributed by atoms with Crippen molar-refractivity contribution < 1.29 is 19.4 Å². The second kappa shape index (κ2) is 5.62. The van der Waals surface area contributed by atoms with E-state index < -0.39 is 11.9 Å². The summed E-state index contributed by atoms with van der Waals surface area (Å²) in [6, 6.07) is 0. The largest absolute Gasteiger partial charge is 0.505 e. The molecule has 92 valence electrons. The minimum absolute atomic E-state index is 0.130. The van der Waals surface area contributed by atoms with Crippen molar-refractivity contribution in [2.45, 2.75) is 6.92 Å². The number of amides is 1. The van der Waals surface area contributed by atoms with Gasteiger partial charge in [0.25, 0.3) is 5.91 Å². The fourth-order valence-electron chi connectivity index (χ4n) is 1.04. The SMILES string of the molecule is COC(=O)CNC(=O)c1ncc(Br)c(C)c1O. The zero-order chi connectivity index (χ0) is 13.0. The van der Waals surface area contributed by atoms with E-state index in [0.717, 1.165) is 0 Å². The van der Waals surface area contributed by atoms with Crippen LogP contribution in [-0.2, 0) is 9.53 Å². The highest BCUT2D eigenvalue weighted by Gasteiger charge is 2.17. The van der Waals surface area contributed by atoms with E-state index in [1.165, 1.54) is 13.3 Å². The van der Waals surface area contributed by atoms with Crippen molar-refractivity contribution in [2.24, 2.45) is 0 Å². The van der Waals surface area contributed by atoms with E-state index in [4.69, 9.17) is 0 Å². The zero-order valence-corrected chi connectivity index (χ0v) is 10.9. The third-order valence-electron chi connectivity index (χ3n) is 2.08. The van der Waals surface area contributed by atoms with Crippen molar-refractivity contribution in [2.75, 3.05) is 13.7 Å². The monoisotopic (exact) mass is 302 g/mol. The maximum Gasteiger partial charge on any atom is 0.325 e. The Bertz CT molecular complexity index is 462. The van der Waals surface area contributed by atoms with Crippen molar-refractivity contribution >= 4 is 27.8 Å². The van der Waals surface area contributed by atoms with Gasteiger partial charge >= 0.3 is 5.97 Å². The maximum absolute atomic E-state index is 11.6. The Balaban J connectivity index is 2.83. The van der Waals surface area contributed by atoms with Gasteiger partial charge in [0, 0.05) is 16.2 Å². The first kappa shape index (κ1) is 13.4. The molecule has 1 aromatic rings. The number of rotatable bonds is 3. The number of carbonyl (C=O) groups excluding carboxylic acids is 2.